The van der Waals surface area contributed by atoms with Gasteiger partial charge in [-0.15, -0.1) is 0 Å². The van der Waals surface area contributed by atoms with Crippen molar-refractivity contribution in [2.75, 3.05) is 26.2 Å². The monoisotopic (exact) mass is 462 g/mol. The molecule has 0 bridgehead atoms. The molecular formula is C22H30N4O5S. The summed E-state index contributed by atoms with van der Waals surface area (Å²) in [4.78, 5) is 27.1. The average molecular weight is 463 g/mol. The maximum absolute atomic E-state index is 13.2. The summed E-state index contributed by atoms with van der Waals surface area (Å²) in [6, 6.07) is 5.14. The van der Waals surface area contributed by atoms with Crippen molar-refractivity contribution >= 4 is 21.8 Å². The van der Waals surface area contributed by atoms with Crippen molar-refractivity contribution in [1.29, 1.82) is 0 Å². The molecule has 2 fully saturated rings. The Kier molecular flexibility index (Phi) is 6.43. The van der Waals surface area contributed by atoms with Gasteiger partial charge in [0.15, 0.2) is 0 Å². The number of furan rings is 1. The fourth-order valence-corrected chi connectivity index (χ4v) is 5.92. The Morgan fingerprint density at radius 2 is 1.81 bits per heavy atom. The Balaban J connectivity index is 1.36. The van der Waals surface area contributed by atoms with E-state index in [0.717, 1.165) is 18.6 Å². The molecule has 174 valence electrons. The largest absolute Gasteiger partial charge is 0.465 e. The van der Waals surface area contributed by atoms with Gasteiger partial charge in [0, 0.05) is 45.3 Å². The third-order valence-electron chi connectivity index (χ3n) is 6.29. The first-order valence-electron chi connectivity index (χ1n) is 11.0. The van der Waals surface area contributed by atoms with Crippen molar-refractivity contribution in [3.63, 3.8) is 0 Å². The molecule has 4 heterocycles. The van der Waals surface area contributed by atoms with Gasteiger partial charge in [-0.3, -0.25) is 9.59 Å². The van der Waals surface area contributed by atoms with Gasteiger partial charge in [0.1, 0.15) is 22.1 Å². The number of hydrogen-bond acceptors (Lipinski definition) is 5. The van der Waals surface area contributed by atoms with Crippen molar-refractivity contribution in [3.8, 4) is 0 Å². The van der Waals surface area contributed by atoms with E-state index < -0.39 is 10.0 Å². The molecule has 2 amide bonds. The van der Waals surface area contributed by atoms with Crippen LogP contribution in [-0.2, 0) is 28.4 Å². The number of hydrogen-bond donors (Lipinski definition) is 1. The molecule has 10 heteroatoms. The maximum atomic E-state index is 13.2. The zero-order valence-corrected chi connectivity index (χ0v) is 19.4. The van der Waals surface area contributed by atoms with Crippen LogP contribution in [-0.4, -0.2) is 60.2 Å². The number of aromatic nitrogens is 1. The number of rotatable bonds is 6. The molecular weight excluding hydrogens is 432 g/mol. The second-order valence-corrected chi connectivity index (χ2v) is 10.5. The first-order chi connectivity index (χ1) is 15.3. The van der Waals surface area contributed by atoms with E-state index in [0.29, 0.717) is 43.9 Å². The number of nitrogens with zero attached hydrogens (tertiary/aromatic N) is 3. The van der Waals surface area contributed by atoms with Crippen LogP contribution in [0.15, 0.2) is 33.7 Å². The third-order valence-corrected chi connectivity index (χ3v) is 8.15. The van der Waals surface area contributed by atoms with Gasteiger partial charge < -0.3 is 19.2 Å². The molecule has 0 atom stereocenters. The minimum Gasteiger partial charge on any atom is -0.465 e. The number of carbonyl (C=O) groups excluding carboxylic acids is 2. The molecule has 32 heavy (non-hydrogen) atoms. The number of carbonyl (C=O) groups is 2. The van der Waals surface area contributed by atoms with Crippen molar-refractivity contribution in [2.24, 2.45) is 13.0 Å². The van der Waals surface area contributed by atoms with Crippen molar-refractivity contribution in [3.05, 3.63) is 41.6 Å². The lowest BCUT2D eigenvalue weighted by atomic mass is 9.97. The first-order valence-corrected chi connectivity index (χ1v) is 12.5. The number of nitrogens with one attached hydrogen (secondary N) is 1. The molecule has 2 aromatic heterocycles. The van der Waals surface area contributed by atoms with Crippen molar-refractivity contribution in [1.82, 2.24) is 19.1 Å². The van der Waals surface area contributed by atoms with Crippen LogP contribution in [0, 0.1) is 12.8 Å². The SMILES string of the molecule is Cc1ccc(CNC(=O)C2CCN(S(=O)(=O)c3cc(C(=O)N4CCCC4)n(C)c3)CC2)o1. The molecule has 2 aliphatic heterocycles. The summed E-state index contributed by atoms with van der Waals surface area (Å²) < 4.78 is 34.8. The van der Waals surface area contributed by atoms with E-state index in [1.807, 2.05) is 19.1 Å². The molecule has 2 aliphatic rings. The Morgan fingerprint density at radius 3 is 2.44 bits per heavy atom. The predicted molar refractivity (Wildman–Crippen MR) is 117 cm³/mol. The van der Waals surface area contributed by atoms with Crippen molar-refractivity contribution < 1.29 is 22.4 Å². The molecule has 9 nitrogen and oxygen atoms in total. The molecule has 0 saturated carbocycles. The van der Waals surface area contributed by atoms with Crippen LogP contribution in [0.4, 0.5) is 0 Å². The molecule has 0 aromatic carbocycles. The smallest absolute Gasteiger partial charge is 0.270 e. The highest BCUT2D eigenvalue weighted by atomic mass is 32.2. The zero-order chi connectivity index (χ0) is 22.9. The number of likely N-dealkylation sites (tertiary alicyclic amines) is 1. The summed E-state index contributed by atoms with van der Waals surface area (Å²) >= 11 is 0. The van der Waals surface area contributed by atoms with Crippen LogP contribution in [0.25, 0.3) is 0 Å². The van der Waals surface area contributed by atoms with Gasteiger partial charge in [-0.1, -0.05) is 0 Å². The predicted octanol–water partition coefficient (Wildman–Crippen LogP) is 1.88. The fraction of sp³-hybridized carbons (Fsp3) is 0.545. The van der Waals surface area contributed by atoms with Crippen molar-refractivity contribution in [2.45, 2.75) is 44.0 Å². The van der Waals surface area contributed by atoms with Crippen LogP contribution < -0.4 is 5.32 Å². The highest BCUT2D eigenvalue weighted by Crippen LogP contribution is 2.26. The summed E-state index contributed by atoms with van der Waals surface area (Å²) in [5, 5.41) is 2.87. The molecule has 4 rings (SSSR count). The van der Waals surface area contributed by atoms with Gasteiger partial charge in [0.2, 0.25) is 15.9 Å². The van der Waals surface area contributed by atoms with E-state index in [1.54, 1.807) is 16.5 Å². The normalized spacial score (nSPS) is 18.2. The van der Waals surface area contributed by atoms with E-state index >= 15 is 0 Å². The number of piperidine rings is 1. The summed E-state index contributed by atoms with van der Waals surface area (Å²) in [5.74, 6) is 1.03. The summed E-state index contributed by atoms with van der Waals surface area (Å²) in [6.45, 7) is 4.13. The second-order valence-electron chi connectivity index (χ2n) is 8.58. The summed E-state index contributed by atoms with van der Waals surface area (Å²) in [5.41, 5.74) is 0.382. The number of sulfonamides is 1. The highest BCUT2D eigenvalue weighted by molar-refractivity contribution is 7.89. The standard InChI is InChI=1S/C22H30N4O5S/c1-16-5-6-18(31-16)14-23-21(27)17-7-11-26(12-8-17)32(29,30)19-13-20(24(2)15-19)22(28)25-9-3-4-10-25/h5-6,13,15,17H,3-4,7-12,14H2,1-2H3,(H,23,27). The number of aryl methyl sites for hydroxylation is 2. The Labute approximate surface area is 188 Å². The number of amides is 2. The van der Waals surface area contributed by atoms with Crippen LogP contribution in [0.1, 0.15) is 47.7 Å². The lowest BCUT2D eigenvalue weighted by Gasteiger charge is -2.30. The minimum atomic E-state index is -3.73. The molecule has 0 unspecified atom stereocenters. The molecule has 0 radical (unpaired) electrons. The topological polar surface area (TPSA) is 105 Å². The van der Waals surface area contributed by atoms with E-state index in [2.05, 4.69) is 5.32 Å². The first kappa shape index (κ1) is 22.6. The maximum Gasteiger partial charge on any atom is 0.270 e. The van der Waals surface area contributed by atoms with Crippen LogP contribution in [0.5, 0.6) is 0 Å². The van der Waals surface area contributed by atoms with Gasteiger partial charge >= 0.3 is 0 Å². The lowest BCUT2D eigenvalue weighted by Crippen LogP contribution is -2.42. The molecule has 0 spiro atoms. The van der Waals surface area contributed by atoms with Crippen LogP contribution in [0.2, 0.25) is 0 Å². The van der Waals surface area contributed by atoms with Crippen LogP contribution in [0.3, 0.4) is 0 Å². The summed E-state index contributed by atoms with van der Waals surface area (Å²) in [7, 11) is -2.03. The summed E-state index contributed by atoms with van der Waals surface area (Å²) in [6.07, 6.45) is 4.36. The molecule has 2 aromatic rings. The minimum absolute atomic E-state index is 0.0886. The van der Waals surface area contributed by atoms with Gasteiger partial charge in [0.25, 0.3) is 5.91 Å². The van der Waals surface area contributed by atoms with Gasteiger partial charge in [-0.2, -0.15) is 4.31 Å². The van der Waals surface area contributed by atoms with E-state index in [9.17, 15) is 18.0 Å². The Morgan fingerprint density at radius 1 is 1.12 bits per heavy atom. The average Bonchev–Trinajstić information content (AvgIpc) is 3.53. The molecule has 1 N–H and O–H groups in total. The van der Waals surface area contributed by atoms with E-state index in [4.69, 9.17) is 4.42 Å². The van der Waals surface area contributed by atoms with Gasteiger partial charge in [-0.25, -0.2) is 8.42 Å². The third kappa shape index (κ3) is 4.61. The Hall–Kier alpha value is -2.59. The van der Waals surface area contributed by atoms with Gasteiger partial charge in [0.05, 0.1) is 6.54 Å². The quantitative estimate of drug-likeness (QED) is 0.706. The van der Waals surface area contributed by atoms with Crippen LogP contribution >= 0.6 is 0 Å². The van der Waals surface area contributed by atoms with E-state index in [1.165, 1.54) is 16.6 Å². The Bertz CT molecular complexity index is 1090. The highest BCUT2D eigenvalue weighted by Gasteiger charge is 2.34. The molecule has 2 saturated heterocycles. The fourth-order valence-electron chi connectivity index (χ4n) is 4.38. The molecule has 0 aliphatic carbocycles. The van der Waals surface area contributed by atoms with Gasteiger partial charge in [-0.05, 0) is 50.8 Å². The zero-order valence-electron chi connectivity index (χ0n) is 18.5. The lowest BCUT2D eigenvalue weighted by molar-refractivity contribution is -0.126. The second kappa shape index (κ2) is 9.11. The van der Waals surface area contributed by atoms with E-state index in [-0.39, 0.29) is 35.7 Å².